The summed E-state index contributed by atoms with van der Waals surface area (Å²) < 4.78 is 3.08. The van der Waals surface area contributed by atoms with E-state index in [2.05, 4.69) is 5.10 Å². The molecule has 0 radical (unpaired) electrons. The van der Waals surface area contributed by atoms with Gasteiger partial charge >= 0.3 is 5.97 Å². The van der Waals surface area contributed by atoms with E-state index in [4.69, 9.17) is 16.7 Å². The van der Waals surface area contributed by atoms with Crippen LogP contribution in [0.2, 0.25) is 5.02 Å². The fourth-order valence-corrected chi connectivity index (χ4v) is 1.54. The van der Waals surface area contributed by atoms with Crippen molar-refractivity contribution < 1.29 is 9.90 Å². The van der Waals surface area contributed by atoms with Crippen LogP contribution in [0.4, 0.5) is 0 Å². The summed E-state index contributed by atoms with van der Waals surface area (Å²) in [6.07, 6.45) is 4.83. The smallest absolute Gasteiger partial charge is 0.352 e. The molecule has 2 rings (SSSR count). The molecule has 2 aromatic heterocycles. The van der Waals surface area contributed by atoms with Crippen LogP contribution in [0.1, 0.15) is 10.5 Å². The van der Waals surface area contributed by atoms with Gasteiger partial charge in [0.1, 0.15) is 5.69 Å². The Balaban J connectivity index is 2.56. The molecule has 5 nitrogen and oxygen atoms in total. The van der Waals surface area contributed by atoms with Crippen LogP contribution in [0.25, 0.3) is 5.69 Å². The van der Waals surface area contributed by atoms with Gasteiger partial charge in [0.2, 0.25) is 0 Å². The average Bonchev–Trinajstić information content (AvgIpc) is 2.71. The fourth-order valence-electron chi connectivity index (χ4n) is 1.34. The van der Waals surface area contributed by atoms with Crippen molar-refractivity contribution in [2.45, 2.75) is 0 Å². The largest absolute Gasteiger partial charge is 0.477 e. The predicted octanol–water partition coefficient (Wildman–Crippen LogP) is 1.56. The number of carbonyl (C=O) groups is 1. The quantitative estimate of drug-likeness (QED) is 0.844. The van der Waals surface area contributed by atoms with Gasteiger partial charge in [-0.3, -0.25) is 4.68 Å². The number of rotatable bonds is 2. The number of aromatic carboxylic acids is 1. The van der Waals surface area contributed by atoms with E-state index in [0.717, 1.165) is 0 Å². The molecule has 0 unspecified atom stereocenters. The Bertz CT molecular complexity index is 515. The second kappa shape index (κ2) is 3.43. The SMILES string of the molecule is Cn1cc(-n2cc(Cl)cc2C(=O)O)cn1. The third kappa shape index (κ3) is 1.73. The zero-order chi connectivity index (χ0) is 11.0. The van der Waals surface area contributed by atoms with E-state index < -0.39 is 5.97 Å². The van der Waals surface area contributed by atoms with E-state index >= 15 is 0 Å². The van der Waals surface area contributed by atoms with Gasteiger partial charge in [0, 0.05) is 19.4 Å². The van der Waals surface area contributed by atoms with Crippen LogP contribution >= 0.6 is 11.6 Å². The minimum atomic E-state index is -1.02. The molecule has 0 saturated carbocycles. The Morgan fingerprint density at radius 3 is 2.80 bits per heavy atom. The molecule has 78 valence electrons. The lowest BCUT2D eigenvalue weighted by Crippen LogP contribution is -2.04. The summed E-state index contributed by atoms with van der Waals surface area (Å²) in [6, 6.07) is 1.40. The topological polar surface area (TPSA) is 60.0 Å². The van der Waals surface area contributed by atoms with Crippen LogP contribution in [0.3, 0.4) is 0 Å². The summed E-state index contributed by atoms with van der Waals surface area (Å²) in [5, 5.41) is 13.3. The van der Waals surface area contributed by atoms with E-state index in [1.165, 1.54) is 10.6 Å². The average molecular weight is 226 g/mol. The molecule has 2 heterocycles. The van der Waals surface area contributed by atoms with Crippen LogP contribution in [0.5, 0.6) is 0 Å². The molecular formula is C9H8ClN3O2. The lowest BCUT2D eigenvalue weighted by atomic mass is 10.4. The van der Waals surface area contributed by atoms with Crippen molar-refractivity contribution >= 4 is 17.6 Å². The molecule has 1 N–H and O–H groups in total. The maximum absolute atomic E-state index is 10.9. The molecule has 0 aromatic carbocycles. The molecule has 0 fully saturated rings. The summed E-state index contributed by atoms with van der Waals surface area (Å²) in [7, 11) is 1.76. The zero-order valence-corrected chi connectivity index (χ0v) is 8.64. The Morgan fingerprint density at radius 1 is 1.53 bits per heavy atom. The van der Waals surface area contributed by atoms with Crippen LogP contribution in [0.15, 0.2) is 24.7 Å². The van der Waals surface area contributed by atoms with Crippen molar-refractivity contribution in [3.63, 3.8) is 0 Å². The number of halogens is 1. The Labute approximate surface area is 90.5 Å². The van der Waals surface area contributed by atoms with Gasteiger partial charge in [-0.15, -0.1) is 0 Å². The minimum absolute atomic E-state index is 0.119. The molecule has 0 amide bonds. The van der Waals surface area contributed by atoms with Gasteiger partial charge in [-0.25, -0.2) is 4.79 Å². The molecule has 0 aliphatic heterocycles. The molecule has 2 aromatic rings. The van der Waals surface area contributed by atoms with Crippen LogP contribution in [-0.2, 0) is 7.05 Å². The second-order valence-electron chi connectivity index (χ2n) is 3.09. The van der Waals surface area contributed by atoms with Crippen LogP contribution < -0.4 is 0 Å². The van der Waals surface area contributed by atoms with Crippen LogP contribution in [-0.4, -0.2) is 25.4 Å². The minimum Gasteiger partial charge on any atom is -0.477 e. The zero-order valence-electron chi connectivity index (χ0n) is 7.88. The van der Waals surface area contributed by atoms with Gasteiger partial charge in [-0.1, -0.05) is 11.6 Å². The molecule has 0 atom stereocenters. The number of carboxylic acids is 1. The number of nitrogens with zero attached hydrogens (tertiary/aromatic N) is 3. The van der Waals surface area contributed by atoms with Crippen molar-refractivity contribution in [2.75, 3.05) is 0 Å². The van der Waals surface area contributed by atoms with Gasteiger partial charge in [-0.2, -0.15) is 5.10 Å². The third-order valence-electron chi connectivity index (χ3n) is 1.98. The van der Waals surface area contributed by atoms with Gasteiger partial charge in [0.05, 0.1) is 16.9 Å². The molecule has 6 heteroatoms. The van der Waals surface area contributed by atoms with E-state index in [-0.39, 0.29) is 5.69 Å². The van der Waals surface area contributed by atoms with Crippen molar-refractivity contribution in [2.24, 2.45) is 7.05 Å². The van der Waals surface area contributed by atoms with Gasteiger partial charge in [0.25, 0.3) is 0 Å². The maximum Gasteiger partial charge on any atom is 0.352 e. The molecule has 0 bridgehead atoms. The van der Waals surface area contributed by atoms with E-state index in [1.54, 1.807) is 30.3 Å². The molecule has 15 heavy (non-hydrogen) atoms. The highest BCUT2D eigenvalue weighted by Crippen LogP contribution is 2.18. The van der Waals surface area contributed by atoms with Gasteiger partial charge in [-0.05, 0) is 6.07 Å². The number of carboxylic acid groups (broad SMARTS) is 1. The molecule has 0 aliphatic rings. The summed E-state index contributed by atoms with van der Waals surface area (Å²) in [5.74, 6) is -1.02. The van der Waals surface area contributed by atoms with Gasteiger partial charge in [0.15, 0.2) is 0 Å². The van der Waals surface area contributed by atoms with E-state index in [0.29, 0.717) is 10.7 Å². The fraction of sp³-hybridized carbons (Fsp3) is 0.111. The van der Waals surface area contributed by atoms with Crippen molar-refractivity contribution in [3.05, 3.63) is 35.4 Å². The lowest BCUT2D eigenvalue weighted by Gasteiger charge is -2.00. The number of aromatic nitrogens is 3. The van der Waals surface area contributed by atoms with Crippen molar-refractivity contribution in [3.8, 4) is 5.69 Å². The Kier molecular flexibility index (Phi) is 2.24. The standard InChI is InChI=1S/C9H8ClN3O2/c1-12-5-7(3-11-12)13-4-6(10)2-8(13)9(14)15/h2-5H,1H3,(H,14,15). The first-order chi connectivity index (χ1) is 7.08. The Hall–Kier alpha value is -1.75. The molecular weight excluding hydrogens is 218 g/mol. The van der Waals surface area contributed by atoms with Crippen LogP contribution in [0, 0.1) is 0 Å². The predicted molar refractivity (Wildman–Crippen MR) is 54.5 cm³/mol. The van der Waals surface area contributed by atoms with Crippen molar-refractivity contribution in [1.82, 2.24) is 14.3 Å². The summed E-state index contributed by atoms with van der Waals surface area (Å²) >= 11 is 5.75. The number of hydrogen-bond acceptors (Lipinski definition) is 2. The first-order valence-electron chi connectivity index (χ1n) is 4.18. The first-order valence-corrected chi connectivity index (χ1v) is 4.56. The number of aryl methyl sites for hydroxylation is 1. The lowest BCUT2D eigenvalue weighted by molar-refractivity contribution is 0.0688. The molecule has 0 saturated heterocycles. The van der Waals surface area contributed by atoms with E-state index in [1.807, 2.05) is 0 Å². The number of hydrogen-bond donors (Lipinski definition) is 1. The second-order valence-corrected chi connectivity index (χ2v) is 3.53. The first kappa shape index (κ1) is 9.79. The highest BCUT2D eigenvalue weighted by Gasteiger charge is 2.13. The molecule has 0 aliphatic carbocycles. The highest BCUT2D eigenvalue weighted by molar-refractivity contribution is 6.31. The maximum atomic E-state index is 10.9. The normalized spacial score (nSPS) is 10.5. The third-order valence-corrected chi connectivity index (χ3v) is 2.18. The summed E-state index contributed by atoms with van der Waals surface area (Å²) in [4.78, 5) is 10.9. The summed E-state index contributed by atoms with van der Waals surface area (Å²) in [5.41, 5.74) is 0.787. The van der Waals surface area contributed by atoms with Gasteiger partial charge < -0.3 is 9.67 Å². The monoisotopic (exact) mass is 225 g/mol. The molecule has 0 spiro atoms. The Morgan fingerprint density at radius 2 is 2.27 bits per heavy atom. The van der Waals surface area contributed by atoms with E-state index in [9.17, 15) is 4.79 Å². The van der Waals surface area contributed by atoms with Crippen molar-refractivity contribution in [1.29, 1.82) is 0 Å². The highest BCUT2D eigenvalue weighted by atomic mass is 35.5. The summed E-state index contributed by atoms with van der Waals surface area (Å²) in [6.45, 7) is 0.